The first kappa shape index (κ1) is 26.0. The van der Waals surface area contributed by atoms with Crippen LogP contribution in [-0.2, 0) is 11.3 Å². The second-order valence-corrected chi connectivity index (χ2v) is 7.75. The Bertz CT molecular complexity index is 619. The van der Waals surface area contributed by atoms with Gasteiger partial charge in [0.1, 0.15) is 5.75 Å². The fraction of sp³-hybridized carbons (Fsp3) is 0.682. The zero-order valence-corrected chi connectivity index (χ0v) is 21.0. The number of rotatable bonds is 12. The molecule has 0 aromatic heterocycles. The van der Waals surface area contributed by atoms with Crippen molar-refractivity contribution in [3.63, 3.8) is 0 Å². The predicted molar refractivity (Wildman–Crippen MR) is 132 cm³/mol. The molecule has 7 heteroatoms. The number of halogens is 1. The van der Waals surface area contributed by atoms with Crippen LogP contribution in [0.15, 0.2) is 23.2 Å². The van der Waals surface area contributed by atoms with Crippen molar-refractivity contribution in [3.05, 3.63) is 29.3 Å². The smallest absolute Gasteiger partial charge is 0.191 e. The van der Waals surface area contributed by atoms with E-state index in [2.05, 4.69) is 61.7 Å². The van der Waals surface area contributed by atoms with Crippen molar-refractivity contribution in [2.45, 2.75) is 45.7 Å². The summed E-state index contributed by atoms with van der Waals surface area (Å²) in [6.45, 7) is 7.89. The first-order valence-corrected chi connectivity index (χ1v) is 10.4. The zero-order chi connectivity index (χ0) is 20.4. The molecule has 0 radical (unpaired) electrons. The molecule has 1 saturated carbocycles. The molecule has 0 aliphatic heterocycles. The zero-order valence-electron chi connectivity index (χ0n) is 18.7. The van der Waals surface area contributed by atoms with E-state index in [-0.39, 0.29) is 24.0 Å². The summed E-state index contributed by atoms with van der Waals surface area (Å²) in [5, 5.41) is 6.88. The third-order valence-corrected chi connectivity index (χ3v) is 5.03. The van der Waals surface area contributed by atoms with Gasteiger partial charge in [-0.15, -0.1) is 24.0 Å². The summed E-state index contributed by atoms with van der Waals surface area (Å²) in [5.41, 5.74) is 2.30. The molecule has 0 bridgehead atoms. The molecule has 1 aromatic rings. The highest BCUT2D eigenvalue weighted by Gasteiger charge is 2.32. The number of nitrogens with one attached hydrogen (secondary N) is 2. The Morgan fingerprint density at radius 1 is 1.24 bits per heavy atom. The van der Waals surface area contributed by atoms with Gasteiger partial charge in [0, 0.05) is 44.8 Å². The molecule has 2 rings (SSSR count). The maximum atomic E-state index is 5.98. The van der Waals surface area contributed by atoms with Crippen molar-refractivity contribution in [3.8, 4) is 5.75 Å². The molecule has 0 heterocycles. The lowest BCUT2D eigenvalue weighted by Gasteiger charge is -2.25. The van der Waals surface area contributed by atoms with Gasteiger partial charge in [-0.2, -0.15) is 0 Å². The van der Waals surface area contributed by atoms with E-state index < -0.39 is 0 Å². The Kier molecular flexibility index (Phi) is 12.6. The highest BCUT2D eigenvalue weighted by molar-refractivity contribution is 14.0. The lowest BCUT2D eigenvalue weighted by atomic mass is 10.1. The minimum absolute atomic E-state index is 0. The summed E-state index contributed by atoms with van der Waals surface area (Å²) >= 11 is 0. The monoisotopic (exact) mass is 518 g/mol. The van der Waals surface area contributed by atoms with Crippen LogP contribution < -0.4 is 15.4 Å². The molecular weight excluding hydrogens is 479 g/mol. The molecular formula is C22H39IN4O2. The third kappa shape index (κ3) is 9.53. The fourth-order valence-corrected chi connectivity index (χ4v) is 3.27. The Morgan fingerprint density at radius 3 is 2.62 bits per heavy atom. The van der Waals surface area contributed by atoms with Crippen LogP contribution >= 0.6 is 24.0 Å². The molecule has 29 heavy (non-hydrogen) atoms. The van der Waals surface area contributed by atoms with E-state index in [9.17, 15) is 0 Å². The van der Waals surface area contributed by atoms with Crippen molar-refractivity contribution in [2.75, 3.05) is 47.5 Å². The number of aliphatic imine (C=N–C) groups is 1. The lowest BCUT2D eigenvalue weighted by Crippen LogP contribution is -2.46. The average molecular weight is 518 g/mol. The van der Waals surface area contributed by atoms with E-state index in [1.807, 2.05) is 0 Å². The van der Waals surface area contributed by atoms with Gasteiger partial charge < -0.3 is 25.0 Å². The topological polar surface area (TPSA) is 58.1 Å². The molecule has 6 nitrogen and oxygen atoms in total. The molecule has 2 N–H and O–H groups in total. The molecule has 0 amide bonds. The first-order valence-electron chi connectivity index (χ1n) is 10.4. The van der Waals surface area contributed by atoms with Crippen molar-refractivity contribution in [2.24, 2.45) is 10.9 Å². The van der Waals surface area contributed by atoms with Gasteiger partial charge in [0.25, 0.3) is 0 Å². The van der Waals surface area contributed by atoms with Gasteiger partial charge in [0.15, 0.2) is 5.96 Å². The number of aryl methyl sites for hydroxylation is 1. The van der Waals surface area contributed by atoms with Gasteiger partial charge in [0.2, 0.25) is 0 Å². The normalized spacial score (nSPS) is 15.0. The summed E-state index contributed by atoms with van der Waals surface area (Å²) in [4.78, 5) is 7.12. The molecule has 1 aromatic carbocycles. The summed E-state index contributed by atoms with van der Waals surface area (Å²) in [5.74, 6) is 2.59. The van der Waals surface area contributed by atoms with E-state index in [1.165, 1.54) is 18.4 Å². The van der Waals surface area contributed by atoms with Crippen molar-refractivity contribution >= 4 is 29.9 Å². The quantitative estimate of drug-likeness (QED) is 0.192. The maximum absolute atomic E-state index is 5.98. The largest absolute Gasteiger partial charge is 0.493 e. The van der Waals surface area contributed by atoms with Crippen molar-refractivity contribution < 1.29 is 9.47 Å². The second kappa shape index (κ2) is 14.0. The van der Waals surface area contributed by atoms with Crippen LogP contribution in [0.3, 0.4) is 0 Å². The fourth-order valence-electron chi connectivity index (χ4n) is 3.27. The third-order valence-electron chi connectivity index (χ3n) is 5.03. The van der Waals surface area contributed by atoms with Crippen LogP contribution in [0.5, 0.6) is 5.75 Å². The van der Waals surface area contributed by atoms with Gasteiger partial charge in [-0.3, -0.25) is 0 Å². The van der Waals surface area contributed by atoms with Crippen molar-refractivity contribution in [1.29, 1.82) is 0 Å². The minimum atomic E-state index is 0. The SMILES string of the molecule is CCNC(=NCc1ccc(C)cc1OCCCOC)NCC(C1CC1)N(C)C.I. The molecule has 0 saturated heterocycles. The molecule has 1 atom stereocenters. The Hall–Kier alpha value is -1.06. The lowest BCUT2D eigenvalue weighted by molar-refractivity contribution is 0.172. The standard InChI is InChI=1S/C22H38N4O2.HI/c1-6-23-22(25-16-20(26(3)4)18-10-11-18)24-15-19-9-8-17(2)14-21(19)28-13-7-12-27-5;/h8-9,14,18,20H,6-7,10-13,15-16H2,1-5H3,(H2,23,24,25);1H. The molecule has 1 aliphatic carbocycles. The molecule has 1 aliphatic rings. The Balaban J connectivity index is 0.00000420. The first-order chi connectivity index (χ1) is 13.5. The highest BCUT2D eigenvalue weighted by atomic mass is 127. The van der Waals surface area contributed by atoms with E-state index in [0.29, 0.717) is 25.8 Å². The molecule has 1 fully saturated rings. The van der Waals surface area contributed by atoms with Crippen LogP contribution in [0, 0.1) is 12.8 Å². The van der Waals surface area contributed by atoms with Gasteiger partial charge in [0.05, 0.1) is 13.2 Å². The summed E-state index contributed by atoms with van der Waals surface area (Å²) in [6, 6.07) is 6.87. The number of hydrogen-bond acceptors (Lipinski definition) is 4. The van der Waals surface area contributed by atoms with Gasteiger partial charge >= 0.3 is 0 Å². The summed E-state index contributed by atoms with van der Waals surface area (Å²) < 4.78 is 11.1. The van der Waals surface area contributed by atoms with Gasteiger partial charge in [-0.05, 0) is 58.3 Å². The molecule has 0 spiro atoms. The van der Waals surface area contributed by atoms with Crippen LogP contribution in [0.4, 0.5) is 0 Å². The predicted octanol–water partition coefficient (Wildman–Crippen LogP) is 3.42. The number of methoxy groups -OCH3 is 1. The maximum Gasteiger partial charge on any atom is 0.191 e. The van der Waals surface area contributed by atoms with E-state index in [4.69, 9.17) is 14.5 Å². The Morgan fingerprint density at radius 2 is 2.00 bits per heavy atom. The number of guanidine groups is 1. The van der Waals surface area contributed by atoms with E-state index in [1.54, 1.807) is 7.11 Å². The van der Waals surface area contributed by atoms with E-state index in [0.717, 1.165) is 42.7 Å². The van der Waals surface area contributed by atoms with Crippen LogP contribution in [-0.4, -0.2) is 64.4 Å². The highest BCUT2D eigenvalue weighted by Crippen LogP contribution is 2.34. The van der Waals surface area contributed by atoms with Crippen LogP contribution in [0.1, 0.15) is 37.3 Å². The molecule has 166 valence electrons. The number of likely N-dealkylation sites (N-methyl/N-ethyl adjacent to an activating group) is 1. The molecule has 1 unspecified atom stereocenters. The van der Waals surface area contributed by atoms with Gasteiger partial charge in [-0.25, -0.2) is 4.99 Å². The number of nitrogens with zero attached hydrogens (tertiary/aromatic N) is 2. The number of hydrogen-bond donors (Lipinski definition) is 2. The summed E-state index contributed by atoms with van der Waals surface area (Å²) in [7, 11) is 6.04. The van der Waals surface area contributed by atoms with E-state index >= 15 is 0 Å². The number of ether oxygens (including phenoxy) is 2. The van der Waals surface area contributed by atoms with Crippen molar-refractivity contribution in [1.82, 2.24) is 15.5 Å². The number of benzene rings is 1. The average Bonchev–Trinajstić information content (AvgIpc) is 3.49. The van der Waals surface area contributed by atoms with Crippen LogP contribution in [0.2, 0.25) is 0 Å². The summed E-state index contributed by atoms with van der Waals surface area (Å²) in [6.07, 6.45) is 3.56. The minimum Gasteiger partial charge on any atom is -0.493 e. The second-order valence-electron chi connectivity index (χ2n) is 7.75. The Labute approximate surface area is 193 Å². The van der Waals surface area contributed by atoms with Crippen LogP contribution in [0.25, 0.3) is 0 Å². The van der Waals surface area contributed by atoms with Gasteiger partial charge in [-0.1, -0.05) is 12.1 Å².